The van der Waals surface area contributed by atoms with Crippen molar-refractivity contribution in [1.29, 1.82) is 0 Å². The van der Waals surface area contributed by atoms with Gasteiger partial charge in [0, 0.05) is 12.8 Å². The molecule has 0 aromatic heterocycles. The van der Waals surface area contributed by atoms with Gasteiger partial charge in [-0.2, -0.15) is 0 Å². The number of esters is 2. The number of phosphoric ester groups is 1. The molecule has 0 aliphatic rings. The second-order valence-corrected chi connectivity index (χ2v) is 16.1. The molecule has 2 atom stereocenters. The largest absolute Gasteiger partial charge is 0.756 e. The fraction of sp³-hybridized carbons (Fsp3) is 0.850. The summed E-state index contributed by atoms with van der Waals surface area (Å²) >= 11 is 0. The van der Waals surface area contributed by atoms with Gasteiger partial charge >= 0.3 is 11.9 Å². The number of phosphoric acid groups is 1. The van der Waals surface area contributed by atoms with E-state index in [9.17, 15) is 19.0 Å². The highest BCUT2D eigenvalue weighted by molar-refractivity contribution is 7.45. The first kappa shape index (κ1) is 48.5. The van der Waals surface area contributed by atoms with Crippen LogP contribution in [0.3, 0.4) is 0 Å². The maximum absolute atomic E-state index is 12.6. The second kappa shape index (κ2) is 33.3. The zero-order chi connectivity index (χ0) is 37.2. The smallest absolute Gasteiger partial charge is 0.306 e. The fourth-order valence-electron chi connectivity index (χ4n) is 5.26. The lowest BCUT2D eigenvalue weighted by atomic mass is 10.0. The molecule has 0 aromatic carbocycles. The number of hydrogen-bond donors (Lipinski definition) is 0. The van der Waals surface area contributed by atoms with Gasteiger partial charge in [-0.05, 0) is 38.5 Å². The molecule has 0 saturated heterocycles. The first-order valence-electron chi connectivity index (χ1n) is 20.0. The van der Waals surface area contributed by atoms with E-state index >= 15 is 0 Å². The van der Waals surface area contributed by atoms with Gasteiger partial charge in [0.1, 0.15) is 19.8 Å². The van der Waals surface area contributed by atoms with E-state index < -0.39 is 32.5 Å². The van der Waals surface area contributed by atoms with Gasteiger partial charge in [0.2, 0.25) is 0 Å². The molecule has 0 radical (unpaired) electrons. The molecule has 0 amide bonds. The first-order valence-corrected chi connectivity index (χ1v) is 21.5. The molecule has 0 saturated carbocycles. The van der Waals surface area contributed by atoms with E-state index in [0.717, 1.165) is 64.2 Å². The average Bonchev–Trinajstić information content (AvgIpc) is 3.06. The molecule has 0 spiro atoms. The number of carbonyl (C=O) groups is 2. The van der Waals surface area contributed by atoms with E-state index in [2.05, 4.69) is 38.2 Å². The minimum absolute atomic E-state index is 0.0316. The lowest BCUT2D eigenvalue weighted by molar-refractivity contribution is -0.870. The van der Waals surface area contributed by atoms with Crippen LogP contribution in [0, 0.1) is 0 Å². The van der Waals surface area contributed by atoms with Crippen LogP contribution in [-0.2, 0) is 32.7 Å². The van der Waals surface area contributed by atoms with Crippen molar-refractivity contribution in [2.75, 3.05) is 47.5 Å². The monoisotopic (exact) mass is 730 g/mol. The highest BCUT2D eigenvalue weighted by Gasteiger charge is 2.21. The summed E-state index contributed by atoms with van der Waals surface area (Å²) < 4.78 is 33.8. The van der Waals surface area contributed by atoms with E-state index in [1.165, 1.54) is 64.2 Å². The number of hydrogen-bond acceptors (Lipinski definition) is 8. The summed E-state index contributed by atoms with van der Waals surface area (Å²) in [5.41, 5.74) is 0. The Morgan fingerprint density at radius 3 is 1.64 bits per heavy atom. The number of allylic oxidation sites excluding steroid dienone is 4. The van der Waals surface area contributed by atoms with Crippen molar-refractivity contribution in [3.8, 4) is 0 Å². The lowest BCUT2D eigenvalue weighted by Gasteiger charge is -2.28. The summed E-state index contributed by atoms with van der Waals surface area (Å²) in [6.07, 6.45) is 33.4. The van der Waals surface area contributed by atoms with Crippen LogP contribution in [0.2, 0.25) is 0 Å². The van der Waals surface area contributed by atoms with Crippen molar-refractivity contribution < 1.29 is 42.1 Å². The van der Waals surface area contributed by atoms with Gasteiger partial charge in [-0.15, -0.1) is 0 Å². The van der Waals surface area contributed by atoms with Crippen molar-refractivity contribution in [1.82, 2.24) is 0 Å². The van der Waals surface area contributed by atoms with Gasteiger partial charge < -0.3 is 27.9 Å². The fourth-order valence-corrected chi connectivity index (χ4v) is 5.99. The molecule has 0 rings (SSSR count). The Bertz CT molecular complexity index is 918. The number of carbonyl (C=O) groups excluding carboxylic acids is 2. The van der Waals surface area contributed by atoms with Crippen LogP contribution in [0.25, 0.3) is 0 Å². The standard InChI is InChI=1S/C40H76NO8P/c1-6-8-10-12-14-16-18-20-21-23-24-26-28-30-32-39(42)46-36-38(37-48-50(44,45)47-35-34-41(3,4)5)49-40(43)33-31-29-27-25-22-19-17-15-13-11-9-7-2/h12,14,18,20,38H,6-11,13,15-17,19,21-37H2,1-5H3/b14-12+,20-18+/t38-/m1/s1. The molecule has 294 valence electrons. The lowest BCUT2D eigenvalue weighted by Crippen LogP contribution is -2.37. The Morgan fingerprint density at radius 1 is 0.620 bits per heavy atom. The van der Waals surface area contributed by atoms with Crippen LogP contribution >= 0.6 is 7.82 Å². The summed E-state index contributed by atoms with van der Waals surface area (Å²) in [4.78, 5) is 37.3. The van der Waals surface area contributed by atoms with Crippen LogP contribution in [-0.4, -0.2) is 70.0 Å². The van der Waals surface area contributed by atoms with Crippen LogP contribution < -0.4 is 4.89 Å². The van der Waals surface area contributed by atoms with Crippen molar-refractivity contribution in [2.24, 2.45) is 0 Å². The molecule has 0 aliphatic heterocycles. The molecular weight excluding hydrogens is 653 g/mol. The first-order chi connectivity index (χ1) is 24.0. The van der Waals surface area contributed by atoms with Crippen molar-refractivity contribution in [2.45, 2.75) is 174 Å². The number of rotatable bonds is 36. The summed E-state index contributed by atoms with van der Waals surface area (Å²) in [6, 6.07) is 0. The van der Waals surface area contributed by atoms with E-state index in [-0.39, 0.29) is 26.1 Å². The Kier molecular flexibility index (Phi) is 32.3. The number of quaternary nitrogens is 1. The minimum Gasteiger partial charge on any atom is -0.756 e. The summed E-state index contributed by atoms with van der Waals surface area (Å²) in [5.74, 6) is -0.849. The summed E-state index contributed by atoms with van der Waals surface area (Å²) in [6.45, 7) is 4.16. The topological polar surface area (TPSA) is 111 Å². The van der Waals surface area contributed by atoms with Gasteiger partial charge in [0.25, 0.3) is 7.82 Å². The maximum atomic E-state index is 12.6. The van der Waals surface area contributed by atoms with Crippen molar-refractivity contribution in [3.63, 3.8) is 0 Å². The highest BCUT2D eigenvalue weighted by Crippen LogP contribution is 2.38. The molecule has 50 heavy (non-hydrogen) atoms. The van der Waals surface area contributed by atoms with Crippen LogP contribution in [0.4, 0.5) is 0 Å². The van der Waals surface area contributed by atoms with Gasteiger partial charge in [0.15, 0.2) is 6.10 Å². The SMILES string of the molecule is CCCC/C=C/C/C=C/CCCCCCCC(=O)OC[C@H](COP(=O)([O-])OCC[N+](C)(C)C)OC(=O)CCCCCCCCCCCCCC. The van der Waals surface area contributed by atoms with E-state index in [0.29, 0.717) is 23.9 Å². The quantitative estimate of drug-likeness (QED) is 0.0206. The molecular formula is C40H76NO8P. The zero-order valence-electron chi connectivity index (χ0n) is 32.8. The molecule has 0 fully saturated rings. The van der Waals surface area contributed by atoms with Crippen LogP contribution in [0.15, 0.2) is 24.3 Å². The van der Waals surface area contributed by atoms with Gasteiger partial charge in [-0.3, -0.25) is 14.2 Å². The Labute approximate surface area is 307 Å². The number of ether oxygens (including phenoxy) is 2. The molecule has 9 nitrogen and oxygen atoms in total. The number of likely N-dealkylation sites (N-methyl/N-ethyl adjacent to an activating group) is 1. The van der Waals surface area contributed by atoms with E-state index in [4.69, 9.17) is 18.5 Å². The minimum atomic E-state index is -4.62. The molecule has 0 N–H and O–H groups in total. The molecule has 0 aromatic rings. The molecule has 0 aliphatic carbocycles. The zero-order valence-corrected chi connectivity index (χ0v) is 33.7. The summed E-state index contributed by atoms with van der Waals surface area (Å²) in [5, 5.41) is 0. The molecule has 0 heterocycles. The number of nitrogens with zero attached hydrogens (tertiary/aromatic N) is 1. The van der Waals surface area contributed by atoms with Gasteiger partial charge in [-0.25, -0.2) is 0 Å². The van der Waals surface area contributed by atoms with Crippen molar-refractivity contribution in [3.05, 3.63) is 24.3 Å². The highest BCUT2D eigenvalue weighted by atomic mass is 31.2. The Morgan fingerprint density at radius 2 is 1.10 bits per heavy atom. The van der Waals surface area contributed by atoms with Crippen LogP contribution in [0.5, 0.6) is 0 Å². The Hall–Kier alpha value is -1.51. The third-order valence-electron chi connectivity index (χ3n) is 8.47. The van der Waals surface area contributed by atoms with Gasteiger partial charge in [0.05, 0.1) is 27.7 Å². The third kappa shape index (κ3) is 36.3. The molecule has 10 heteroatoms. The molecule has 1 unspecified atom stereocenters. The van der Waals surface area contributed by atoms with Crippen LogP contribution in [0.1, 0.15) is 168 Å². The number of unbranched alkanes of at least 4 members (excludes halogenated alkanes) is 18. The molecule has 0 bridgehead atoms. The maximum Gasteiger partial charge on any atom is 0.306 e. The average molecular weight is 730 g/mol. The predicted octanol–water partition coefficient (Wildman–Crippen LogP) is 10.2. The third-order valence-corrected chi connectivity index (χ3v) is 9.44. The predicted molar refractivity (Wildman–Crippen MR) is 204 cm³/mol. The summed E-state index contributed by atoms with van der Waals surface area (Å²) in [7, 11) is 1.16. The van der Waals surface area contributed by atoms with Gasteiger partial charge in [-0.1, -0.05) is 141 Å². The normalized spacial score (nSPS) is 14.0. The van der Waals surface area contributed by atoms with Crippen molar-refractivity contribution >= 4 is 19.8 Å². The van der Waals surface area contributed by atoms with E-state index in [1.54, 1.807) is 0 Å². The second-order valence-electron chi connectivity index (χ2n) is 14.7. The van der Waals surface area contributed by atoms with E-state index in [1.807, 2.05) is 21.1 Å². The Balaban J connectivity index is 4.43.